The molecule has 1 aliphatic heterocycles. The van der Waals surface area contributed by atoms with Gasteiger partial charge in [-0.2, -0.15) is 0 Å². The molecule has 1 aliphatic carbocycles. The van der Waals surface area contributed by atoms with Gasteiger partial charge in [-0.15, -0.1) is 0 Å². The van der Waals surface area contributed by atoms with Crippen LogP contribution in [0.15, 0.2) is 5.16 Å². The standard InChI is InChI=1S/C16H29N3O2/c1-2-7-13-8-11-19(12-13)15(20)16(14(17)18-21)9-5-3-4-6-10-16/h13,21H,2-12H2,1H3,(H2,17,18). The van der Waals surface area contributed by atoms with E-state index in [1.54, 1.807) is 0 Å². The van der Waals surface area contributed by atoms with E-state index in [2.05, 4.69) is 12.1 Å². The number of amidine groups is 1. The number of rotatable bonds is 4. The summed E-state index contributed by atoms with van der Waals surface area (Å²) in [6, 6.07) is 0. The predicted molar refractivity (Wildman–Crippen MR) is 83.1 cm³/mol. The van der Waals surface area contributed by atoms with Gasteiger partial charge in [-0.1, -0.05) is 44.2 Å². The van der Waals surface area contributed by atoms with Gasteiger partial charge in [0.25, 0.3) is 0 Å². The van der Waals surface area contributed by atoms with Crippen LogP contribution in [0.1, 0.15) is 64.7 Å². The number of carbonyl (C=O) groups excluding carboxylic acids is 1. The van der Waals surface area contributed by atoms with Crippen molar-refractivity contribution in [2.24, 2.45) is 22.2 Å². The Morgan fingerprint density at radius 3 is 2.57 bits per heavy atom. The Bertz CT molecular complexity index is 387. The van der Waals surface area contributed by atoms with E-state index >= 15 is 0 Å². The molecule has 3 N–H and O–H groups in total. The molecule has 2 aliphatic rings. The topological polar surface area (TPSA) is 78.9 Å². The van der Waals surface area contributed by atoms with E-state index in [1.807, 2.05) is 4.90 Å². The smallest absolute Gasteiger partial charge is 0.236 e. The third-order valence-corrected chi connectivity index (χ3v) is 5.23. The van der Waals surface area contributed by atoms with Crippen molar-refractivity contribution in [2.75, 3.05) is 13.1 Å². The van der Waals surface area contributed by atoms with E-state index in [1.165, 1.54) is 6.42 Å². The van der Waals surface area contributed by atoms with Crippen LogP contribution in [0.3, 0.4) is 0 Å². The maximum Gasteiger partial charge on any atom is 0.236 e. The first-order chi connectivity index (χ1) is 10.1. The van der Waals surface area contributed by atoms with Crippen molar-refractivity contribution >= 4 is 11.7 Å². The lowest BCUT2D eigenvalue weighted by Gasteiger charge is -2.34. The Morgan fingerprint density at radius 2 is 2.00 bits per heavy atom. The Kier molecular flexibility index (Phi) is 5.48. The molecular formula is C16H29N3O2. The summed E-state index contributed by atoms with van der Waals surface area (Å²) in [5.74, 6) is 0.834. The quantitative estimate of drug-likeness (QED) is 0.275. The number of nitrogens with two attached hydrogens (primary N) is 1. The van der Waals surface area contributed by atoms with Crippen LogP contribution >= 0.6 is 0 Å². The number of likely N-dealkylation sites (tertiary alicyclic amines) is 1. The monoisotopic (exact) mass is 295 g/mol. The molecule has 0 aromatic carbocycles. The third kappa shape index (κ3) is 3.33. The van der Waals surface area contributed by atoms with Crippen LogP contribution in [0.4, 0.5) is 0 Å². The largest absolute Gasteiger partial charge is 0.409 e. The molecule has 2 rings (SSSR count). The summed E-state index contributed by atoms with van der Waals surface area (Å²) < 4.78 is 0. The van der Waals surface area contributed by atoms with Gasteiger partial charge in [0.1, 0.15) is 5.41 Å². The SMILES string of the molecule is CCCC1CCN(C(=O)C2(C(N)=NO)CCCCCC2)C1. The van der Waals surface area contributed by atoms with Crippen molar-refractivity contribution < 1.29 is 10.0 Å². The Labute approximate surface area is 127 Å². The number of hydrogen-bond acceptors (Lipinski definition) is 3. The lowest BCUT2D eigenvalue weighted by molar-refractivity contribution is -0.138. The molecule has 5 nitrogen and oxygen atoms in total. The van der Waals surface area contributed by atoms with Crippen LogP contribution in [0.5, 0.6) is 0 Å². The summed E-state index contributed by atoms with van der Waals surface area (Å²) in [7, 11) is 0. The van der Waals surface area contributed by atoms with Crippen molar-refractivity contribution in [3.63, 3.8) is 0 Å². The average Bonchev–Trinajstić information content (AvgIpc) is 2.82. The number of oxime groups is 1. The summed E-state index contributed by atoms with van der Waals surface area (Å²) in [4.78, 5) is 15.0. The lowest BCUT2D eigenvalue weighted by Crippen LogP contribution is -2.50. The fourth-order valence-electron chi connectivity index (χ4n) is 3.97. The molecule has 0 aromatic heterocycles. The molecule has 1 atom stereocenters. The predicted octanol–water partition coefficient (Wildman–Crippen LogP) is 2.72. The van der Waals surface area contributed by atoms with Crippen molar-refractivity contribution in [3.8, 4) is 0 Å². The van der Waals surface area contributed by atoms with E-state index in [-0.39, 0.29) is 11.7 Å². The Balaban J connectivity index is 2.15. The molecule has 2 fully saturated rings. The van der Waals surface area contributed by atoms with Crippen LogP contribution in [0, 0.1) is 11.3 Å². The summed E-state index contributed by atoms with van der Waals surface area (Å²) >= 11 is 0. The minimum atomic E-state index is -0.758. The zero-order valence-electron chi connectivity index (χ0n) is 13.2. The van der Waals surface area contributed by atoms with Gasteiger partial charge in [-0.25, -0.2) is 0 Å². The fraction of sp³-hybridized carbons (Fsp3) is 0.875. The summed E-state index contributed by atoms with van der Waals surface area (Å²) in [6.45, 7) is 3.85. The average molecular weight is 295 g/mol. The van der Waals surface area contributed by atoms with Crippen molar-refractivity contribution in [1.29, 1.82) is 0 Å². The molecule has 21 heavy (non-hydrogen) atoms. The zero-order chi connectivity index (χ0) is 15.3. The van der Waals surface area contributed by atoms with Crippen LogP contribution in [0.2, 0.25) is 0 Å². The molecule has 1 unspecified atom stereocenters. The van der Waals surface area contributed by atoms with Gasteiger partial charge in [-0.3, -0.25) is 4.79 Å². The van der Waals surface area contributed by atoms with E-state index in [9.17, 15) is 4.79 Å². The maximum absolute atomic E-state index is 13.1. The summed E-state index contributed by atoms with van der Waals surface area (Å²) in [5.41, 5.74) is 5.21. The molecule has 0 aromatic rings. The molecule has 1 heterocycles. The molecule has 5 heteroatoms. The van der Waals surface area contributed by atoms with Gasteiger partial charge in [-0.05, 0) is 31.6 Å². The maximum atomic E-state index is 13.1. The number of hydrogen-bond donors (Lipinski definition) is 2. The molecular weight excluding hydrogens is 266 g/mol. The van der Waals surface area contributed by atoms with Gasteiger partial charge < -0.3 is 15.8 Å². The minimum Gasteiger partial charge on any atom is -0.409 e. The first-order valence-corrected chi connectivity index (χ1v) is 8.41. The van der Waals surface area contributed by atoms with Gasteiger partial charge in [0, 0.05) is 13.1 Å². The van der Waals surface area contributed by atoms with Gasteiger partial charge in [0.05, 0.1) is 0 Å². The Hall–Kier alpha value is -1.26. The third-order valence-electron chi connectivity index (χ3n) is 5.23. The van der Waals surface area contributed by atoms with Gasteiger partial charge in [0.15, 0.2) is 5.84 Å². The summed E-state index contributed by atoms with van der Waals surface area (Å²) in [5, 5.41) is 12.4. The summed E-state index contributed by atoms with van der Waals surface area (Å²) in [6.07, 6.45) is 9.10. The van der Waals surface area contributed by atoms with Crippen molar-refractivity contribution in [2.45, 2.75) is 64.7 Å². The van der Waals surface area contributed by atoms with Crippen molar-refractivity contribution in [3.05, 3.63) is 0 Å². The highest BCUT2D eigenvalue weighted by Crippen LogP contribution is 2.38. The van der Waals surface area contributed by atoms with E-state index in [0.717, 1.165) is 64.5 Å². The van der Waals surface area contributed by atoms with Crippen LogP contribution in [0.25, 0.3) is 0 Å². The van der Waals surface area contributed by atoms with Crippen LogP contribution < -0.4 is 5.73 Å². The second kappa shape index (κ2) is 7.14. The van der Waals surface area contributed by atoms with Crippen LogP contribution in [-0.4, -0.2) is 34.9 Å². The first-order valence-electron chi connectivity index (χ1n) is 8.41. The second-order valence-corrected chi connectivity index (χ2v) is 6.68. The molecule has 0 radical (unpaired) electrons. The normalized spacial score (nSPS) is 26.6. The molecule has 1 saturated heterocycles. The van der Waals surface area contributed by atoms with Crippen molar-refractivity contribution in [1.82, 2.24) is 4.90 Å². The first kappa shape index (κ1) is 16.1. The van der Waals surface area contributed by atoms with Crippen LogP contribution in [-0.2, 0) is 4.79 Å². The lowest BCUT2D eigenvalue weighted by atomic mass is 9.77. The van der Waals surface area contributed by atoms with E-state index in [4.69, 9.17) is 10.9 Å². The minimum absolute atomic E-state index is 0.0957. The molecule has 120 valence electrons. The highest BCUT2D eigenvalue weighted by atomic mass is 16.4. The highest BCUT2D eigenvalue weighted by Gasteiger charge is 2.46. The molecule has 1 amide bonds. The number of carbonyl (C=O) groups is 1. The molecule has 0 spiro atoms. The number of nitrogens with zero attached hydrogens (tertiary/aromatic N) is 2. The molecule has 1 saturated carbocycles. The second-order valence-electron chi connectivity index (χ2n) is 6.68. The van der Waals surface area contributed by atoms with Gasteiger partial charge >= 0.3 is 0 Å². The van der Waals surface area contributed by atoms with E-state index < -0.39 is 5.41 Å². The molecule has 0 bridgehead atoms. The highest BCUT2D eigenvalue weighted by molar-refractivity contribution is 6.06. The zero-order valence-corrected chi connectivity index (χ0v) is 13.2. The van der Waals surface area contributed by atoms with E-state index in [0.29, 0.717) is 5.92 Å². The van der Waals surface area contributed by atoms with Gasteiger partial charge in [0.2, 0.25) is 5.91 Å². The number of amides is 1. The Morgan fingerprint density at radius 1 is 1.33 bits per heavy atom. The fourth-order valence-corrected chi connectivity index (χ4v) is 3.97.